The topological polar surface area (TPSA) is 58.6 Å². The number of carbonyl (C=O) groups excluding carboxylic acids is 1. The van der Waals surface area contributed by atoms with Gasteiger partial charge in [-0.25, -0.2) is 0 Å². The molecule has 2 aromatic rings. The van der Waals surface area contributed by atoms with E-state index >= 15 is 0 Å². The third-order valence-corrected chi connectivity index (χ3v) is 4.28. The van der Waals surface area contributed by atoms with Crippen molar-refractivity contribution in [1.82, 2.24) is 0 Å². The van der Waals surface area contributed by atoms with Crippen LogP contribution in [0.1, 0.15) is 11.1 Å². The van der Waals surface area contributed by atoms with Crippen LogP contribution in [0.15, 0.2) is 34.8 Å². The van der Waals surface area contributed by atoms with E-state index in [1.165, 1.54) is 13.2 Å². The third kappa shape index (κ3) is 2.58. The lowest BCUT2D eigenvalue weighted by atomic mass is 10.0. The van der Waals surface area contributed by atoms with Crippen LogP contribution in [0, 0.1) is 0 Å². The number of ether oxygens (including phenoxy) is 1. The van der Waals surface area contributed by atoms with Crippen molar-refractivity contribution < 1.29 is 14.6 Å². The second-order valence-corrected chi connectivity index (χ2v) is 6.04. The van der Waals surface area contributed by atoms with Gasteiger partial charge < -0.3 is 15.2 Å². The highest BCUT2D eigenvalue weighted by molar-refractivity contribution is 9.10. The highest BCUT2D eigenvalue weighted by Gasteiger charge is 2.24. The molecule has 0 bridgehead atoms. The van der Waals surface area contributed by atoms with E-state index < -0.39 is 0 Å². The van der Waals surface area contributed by atoms with Crippen LogP contribution in [0.4, 0.5) is 5.69 Å². The first-order chi connectivity index (χ1) is 10.5. The normalized spacial score (nSPS) is 14.9. The largest absolute Gasteiger partial charge is 0.504 e. The Bertz CT molecular complexity index is 817. The van der Waals surface area contributed by atoms with Crippen LogP contribution in [-0.4, -0.2) is 18.1 Å². The molecule has 0 spiro atoms. The van der Waals surface area contributed by atoms with E-state index in [4.69, 9.17) is 16.3 Å². The van der Waals surface area contributed by atoms with Crippen molar-refractivity contribution in [3.05, 3.63) is 51.0 Å². The van der Waals surface area contributed by atoms with Crippen molar-refractivity contribution in [2.24, 2.45) is 0 Å². The minimum Gasteiger partial charge on any atom is -0.504 e. The predicted molar refractivity (Wildman–Crippen MR) is 90.3 cm³/mol. The molecule has 0 atom stereocenters. The zero-order chi connectivity index (χ0) is 15.9. The van der Waals surface area contributed by atoms with Crippen molar-refractivity contribution in [3.8, 4) is 11.5 Å². The lowest BCUT2D eigenvalue weighted by Gasteiger charge is -2.07. The monoisotopic (exact) mass is 379 g/mol. The molecule has 0 unspecified atom stereocenters. The number of carbonyl (C=O) groups is 1. The summed E-state index contributed by atoms with van der Waals surface area (Å²) in [6, 6.07) is 8.42. The number of hydrogen-bond donors (Lipinski definition) is 2. The second kappa shape index (κ2) is 5.66. The first-order valence-corrected chi connectivity index (χ1v) is 7.56. The Kier molecular flexibility index (Phi) is 3.85. The van der Waals surface area contributed by atoms with Crippen LogP contribution < -0.4 is 10.1 Å². The van der Waals surface area contributed by atoms with Crippen molar-refractivity contribution in [1.29, 1.82) is 0 Å². The number of rotatable bonds is 2. The lowest BCUT2D eigenvalue weighted by Crippen LogP contribution is -2.03. The number of anilines is 1. The molecule has 2 aromatic carbocycles. The molecule has 0 fully saturated rings. The molecule has 1 amide bonds. The number of aromatic hydroxyl groups is 1. The van der Waals surface area contributed by atoms with Crippen molar-refractivity contribution >= 4 is 50.8 Å². The molecule has 2 N–H and O–H groups in total. The molecule has 0 saturated carbocycles. The Balaban J connectivity index is 2.11. The fourth-order valence-corrected chi connectivity index (χ4v) is 2.91. The Hall–Kier alpha value is -1.98. The third-order valence-electron chi connectivity index (χ3n) is 3.36. The van der Waals surface area contributed by atoms with Crippen LogP contribution in [0.5, 0.6) is 11.5 Å². The van der Waals surface area contributed by atoms with Crippen LogP contribution in [0.25, 0.3) is 11.6 Å². The minimum atomic E-state index is -0.209. The van der Waals surface area contributed by atoms with Crippen LogP contribution in [0.2, 0.25) is 5.02 Å². The van der Waals surface area contributed by atoms with Gasteiger partial charge in [0, 0.05) is 20.6 Å². The fraction of sp³-hybridized carbons (Fsp3) is 0.0625. The molecule has 22 heavy (non-hydrogen) atoms. The molecular formula is C16H11BrClNO3. The maximum atomic E-state index is 12.1. The number of phenols is 1. The van der Waals surface area contributed by atoms with Crippen molar-refractivity contribution in [2.45, 2.75) is 0 Å². The molecule has 1 aliphatic heterocycles. The molecule has 1 aliphatic rings. The van der Waals surface area contributed by atoms with E-state index in [0.717, 1.165) is 5.56 Å². The van der Waals surface area contributed by atoms with Gasteiger partial charge >= 0.3 is 0 Å². The average Bonchev–Trinajstić information content (AvgIpc) is 2.77. The number of methoxy groups -OCH3 is 1. The Morgan fingerprint density at radius 2 is 2.09 bits per heavy atom. The summed E-state index contributed by atoms with van der Waals surface area (Å²) in [6.07, 6.45) is 1.71. The predicted octanol–water partition coefficient (Wildman–Crippen LogP) is 4.31. The van der Waals surface area contributed by atoms with Crippen LogP contribution in [0.3, 0.4) is 0 Å². The van der Waals surface area contributed by atoms with Crippen molar-refractivity contribution in [3.63, 3.8) is 0 Å². The number of benzene rings is 2. The van der Waals surface area contributed by atoms with Gasteiger partial charge in [-0.05, 0) is 35.9 Å². The van der Waals surface area contributed by atoms with E-state index in [1.54, 1.807) is 30.3 Å². The Morgan fingerprint density at radius 3 is 2.82 bits per heavy atom. The van der Waals surface area contributed by atoms with Gasteiger partial charge in [0.2, 0.25) is 0 Å². The molecule has 0 aromatic heterocycles. The quantitative estimate of drug-likeness (QED) is 0.763. The summed E-state index contributed by atoms with van der Waals surface area (Å²) in [5, 5.41) is 13.2. The summed E-state index contributed by atoms with van der Waals surface area (Å²) in [6.45, 7) is 0. The molecule has 6 heteroatoms. The van der Waals surface area contributed by atoms with Gasteiger partial charge in [0.15, 0.2) is 11.5 Å². The van der Waals surface area contributed by atoms with Crippen LogP contribution >= 0.6 is 27.5 Å². The molecule has 3 rings (SSSR count). The smallest absolute Gasteiger partial charge is 0.256 e. The number of hydrogen-bond acceptors (Lipinski definition) is 3. The van der Waals surface area contributed by atoms with Gasteiger partial charge in [-0.2, -0.15) is 0 Å². The average molecular weight is 381 g/mol. The van der Waals surface area contributed by atoms with E-state index in [0.29, 0.717) is 32.1 Å². The molecule has 0 saturated heterocycles. The summed E-state index contributed by atoms with van der Waals surface area (Å²) in [4.78, 5) is 12.1. The van der Waals surface area contributed by atoms with Gasteiger partial charge in [0.25, 0.3) is 5.91 Å². The number of halogens is 2. The number of fused-ring (bicyclic) bond motifs is 1. The summed E-state index contributed by atoms with van der Waals surface area (Å²) in [5.74, 6) is 0.156. The van der Waals surface area contributed by atoms with Gasteiger partial charge in [0.1, 0.15) is 0 Å². The van der Waals surface area contributed by atoms with E-state index in [1.807, 2.05) is 0 Å². The molecule has 1 heterocycles. The zero-order valence-corrected chi connectivity index (χ0v) is 13.8. The standard InChI is InChI=1S/C16H11BrClNO3/c1-22-15-7-12(17)8(5-14(15)20)4-11-10-3-2-9(18)6-13(10)19-16(11)21/h2-7,20H,1H3,(H,19,21)/b11-4+. The van der Waals surface area contributed by atoms with E-state index in [-0.39, 0.29) is 11.7 Å². The minimum absolute atomic E-state index is 0.00675. The maximum Gasteiger partial charge on any atom is 0.256 e. The van der Waals surface area contributed by atoms with Crippen LogP contribution in [-0.2, 0) is 4.79 Å². The van der Waals surface area contributed by atoms with E-state index in [9.17, 15) is 9.90 Å². The summed E-state index contributed by atoms with van der Waals surface area (Å²) in [5.41, 5.74) is 2.64. The summed E-state index contributed by atoms with van der Waals surface area (Å²) >= 11 is 9.35. The van der Waals surface area contributed by atoms with Crippen molar-refractivity contribution in [2.75, 3.05) is 12.4 Å². The SMILES string of the molecule is COc1cc(Br)c(/C=C2/C(=O)Nc3cc(Cl)ccc32)cc1O. The Labute approximate surface area is 140 Å². The first kappa shape index (κ1) is 14.9. The molecular weight excluding hydrogens is 370 g/mol. The zero-order valence-electron chi connectivity index (χ0n) is 11.5. The number of phenolic OH excluding ortho intramolecular Hbond substituents is 1. The fourth-order valence-electron chi connectivity index (χ4n) is 2.30. The highest BCUT2D eigenvalue weighted by Crippen LogP contribution is 2.38. The maximum absolute atomic E-state index is 12.1. The second-order valence-electron chi connectivity index (χ2n) is 4.75. The molecule has 0 radical (unpaired) electrons. The van der Waals surface area contributed by atoms with Gasteiger partial charge in [-0.15, -0.1) is 0 Å². The molecule has 0 aliphatic carbocycles. The summed E-state index contributed by atoms with van der Waals surface area (Å²) < 4.78 is 5.76. The number of amides is 1. The highest BCUT2D eigenvalue weighted by atomic mass is 79.9. The van der Waals surface area contributed by atoms with E-state index in [2.05, 4.69) is 21.2 Å². The van der Waals surface area contributed by atoms with Gasteiger partial charge in [-0.1, -0.05) is 33.6 Å². The summed E-state index contributed by atoms with van der Waals surface area (Å²) in [7, 11) is 1.48. The number of nitrogens with one attached hydrogen (secondary N) is 1. The first-order valence-electron chi connectivity index (χ1n) is 6.39. The molecule has 112 valence electrons. The molecule has 4 nitrogen and oxygen atoms in total. The lowest BCUT2D eigenvalue weighted by molar-refractivity contribution is -0.110. The Morgan fingerprint density at radius 1 is 1.32 bits per heavy atom. The van der Waals surface area contributed by atoms with Gasteiger partial charge in [0.05, 0.1) is 12.8 Å². The van der Waals surface area contributed by atoms with Gasteiger partial charge in [-0.3, -0.25) is 4.79 Å².